The van der Waals surface area contributed by atoms with Gasteiger partial charge in [0.25, 0.3) is 5.91 Å². The predicted molar refractivity (Wildman–Crippen MR) is 84.6 cm³/mol. The molecule has 1 aromatic heterocycles. The van der Waals surface area contributed by atoms with Crippen molar-refractivity contribution in [2.24, 2.45) is 0 Å². The summed E-state index contributed by atoms with van der Waals surface area (Å²) in [6.45, 7) is 3.36. The second-order valence-electron chi connectivity index (χ2n) is 5.90. The number of piperidine rings is 1. The van der Waals surface area contributed by atoms with Gasteiger partial charge < -0.3 is 10.0 Å². The van der Waals surface area contributed by atoms with Crippen molar-refractivity contribution >= 4 is 11.9 Å². The highest BCUT2D eigenvalue weighted by Gasteiger charge is 2.26. The fraction of sp³-hybridized carbons (Fsp3) is 0.353. The van der Waals surface area contributed by atoms with Gasteiger partial charge in [0.2, 0.25) is 0 Å². The molecule has 6 heteroatoms. The summed E-state index contributed by atoms with van der Waals surface area (Å²) in [5, 5.41) is 16.1. The Morgan fingerprint density at radius 1 is 1.26 bits per heavy atom. The van der Waals surface area contributed by atoms with Crippen molar-refractivity contribution in [3.63, 3.8) is 0 Å². The average molecular weight is 313 g/mol. The molecule has 0 spiro atoms. The number of rotatable bonds is 3. The number of carboxylic acid groups (broad SMARTS) is 1. The molecule has 0 atom stereocenters. The Bertz CT molecular complexity index is 730. The minimum atomic E-state index is -1.02. The number of carbonyl (C=O) groups is 2. The maximum absolute atomic E-state index is 12.5. The van der Waals surface area contributed by atoms with E-state index in [-0.39, 0.29) is 11.5 Å². The highest BCUT2D eigenvalue weighted by molar-refractivity contribution is 5.97. The number of amides is 1. The lowest BCUT2D eigenvalue weighted by Gasteiger charge is -2.32. The van der Waals surface area contributed by atoms with Crippen molar-refractivity contribution in [1.82, 2.24) is 15.1 Å². The van der Waals surface area contributed by atoms with Gasteiger partial charge in [-0.05, 0) is 49.4 Å². The molecule has 3 rings (SSSR count). The lowest BCUT2D eigenvalue weighted by molar-refractivity contribution is 0.0697. The fourth-order valence-electron chi connectivity index (χ4n) is 3.13. The Morgan fingerprint density at radius 2 is 1.96 bits per heavy atom. The molecule has 0 aliphatic carbocycles. The maximum atomic E-state index is 12.5. The van der Waals surface area contributed by atoms with Gasteiger partial charge in [-0.15, -0.1) is 0 Å². The van der Waals surface area contributed by atoms with Crippen LogP contribution in [0.2, 0.25) is 0 Å². The second kappa shape index (κ2) is 6.24. The summed E-state index contributed by atoms with van der Waals surface area (Å²) >= 11 is 0. The van der Waals surface area contributed by atoms with Gasteiger partial charge in [-0.1, -0.05) is 6.07 Å². The normalized spacial score (nSPS) is 15.6. The summed E-state index contributed by atoms with van der Waals surface area (Å²) in [6.07, 6.45) is 3.66. The first-order valence-corrected chi connectivity index (χ1v) is 7.68. The number of carbonyl (C=O) groups excluding carboxylic acids is 1. The molecule has 2 aromatic rings. The number of H-pyrrole nitrogens is 1. The monoisotopic (exact) mass is 313 g/mol. The second-order valence-corrected chi connectivity index (χ2v) is 5.90. The Hall–Kier alpha value is -2.63. The Kier molecular flexibility index (Phi) is 4.14. The third kappa shape index (κ3) is 3.11. The van der Waals surface area contributed by atoms with Gasteiger partial charge in [-0.25, -0.2) is 4.79 Å². The average Bonchev–Trinajstić information content (AvgIpc) is 3.00. The number of aromatic carboxylic acids is 1. The van der Waals surface area contributed by atoms with Crippen molar-refractivity contribution in [3.05, 3.63) is 52.8 Å². The molecule has 0 bridgehead atoms. The van der Waals surface area contributed by atoms with Gasteiger partial charge in [0, 0.05) is 24.3 Å². The van der Waals surface area contributed by atoms with Crippen LogP contribution in [0.5, 0.6) is 0 Å². The molecule has 23 heavy (non-hydrogen) atoms. The summed E-state index contributed by atoms with van der Waals surface area (Å²) in [7, 11) is 0. The van der Waals surface area contributed by atoms with Crippen LogP contribution in [0.25, 0.3) is 0 Å². The van der Waals surface area contributed by atoms with Crippen molar-refractivity contribution in [1.29, 1.82) is 0 Å². The van der Waals surface area contributed by atoms with Crippen LogP contribution in [0.15, 0.2) is 30.5 Å². The van der Waals surface area contributed by atoms with E-state index in [1.165, 1.54) is 17.7 Å². The van der Waals surface area contributed by atoms with E-state index in [1.807, 2.05) is 13.1 Å². The largest absolute Gasteiger partial charge is 0.478 e. The quantitative estimate of drug-likeness (QED) is 0.911. The SMILES string of the molecule is Cc1[nH]ncc1C1CCN(C(=O)c2cccc(C(=O)O)c2)CC1. The molecule has 6 nitrogen and oxygen atoms in total. The summed E-state index contributed by atoms with van der Waals surface area (Å²) in [5.41, 5.74) is 2.89. The third-order valence-corrected chi connectivity index (χ3v) is 4.45. The predicted octanol–water partition coefficient (Wildman–Crippen LogP) is 2.44. The van der Waals surface area contributed by atoms with Crippen molar-refractivity contribution in [3.8, 4) is 0 Å². The van der Waals surface area contributed by atoms with Crippen LogP contribution >= 0.6 is 0 Å². The minimum Gasteiger partial charge on any atom is -0.478 e. The van der Waals surface area contributed by atoms with E-state index in [4.69, 9.17) is 5.11 Å². The summed E-state index contributed by atoms with van der Waals surface area (Å²) in [5.74, 6) is -0.701. The van der Waals surface area contributed by atoms with Crippen LogP contribution in [0.4, 0.5) is 0 Å². The van der Waals surface area contributed by atoms with E-state index in [1.54, 1.807) is 17.0 Å². The number of likely N-dealkylation sites (tertiary alicyclic amines) is 1. The molecule has 1 saturated heterocycles. The molecule has 2 N–H and O–H groups in total. The van der Waals surface area contributed by atoms with Crippen LogP contribution in [0.1, 0.15) is 50.7 Å². The smallest absolute Gasteiger partial charge is 0.335 e. The number of nitrogens with zero attached hydrogens (tertiary/aromatic N) is 2. The van der Waals surface area contributed by atoms with E-state index in [2.05, 4.69) is 10.2 Å². The molecule has 1 aromatic carbocycles. The zero-order chi connectivity index (χ0) is 16.4. The highest BCUT2D eigenvalue weighted by atomic mass is 16.4. The first-order valence-electron chi connectivity index (χ1n) is 7.68. The first kappa shape index (κ1) is 15.3. The maximum Gasteiger partial charge on any atom is 0.335 e. The van der Waals surface area contributed by atoms with Gasteiger partial charge in [-0.2, -0.15) is 5.10 Å². The fourth-order valence-corrected chi connectivity index (χ4v) is 3.13. The van der Waals surface area contributed by atoms with Gasteiger partial charge in [0.05, 0.1) is 11.8 Å². The van der Waals surface area contributed by atoms with Crippen LogP contribution in [0.3, 0.4) is 0 Å². The molecule has 2 heterocycles. The van der Waals surface area contributed by atoms with Crippen molar-refractivity contribution < 1.29 is 14.7 Å². The van der Waals surface area contributed by atoms with E-state index in [0.717, 1.165) is 18.5 Å². The number of hydrogen-bond acceptors (Lipinski definition) is 3. The summed E-state index contributed by atoms with van der Waals surface area (Å²) in [4.78, 5) is 25.4. The lowest BCUT2D eigenvalue weighted by atomic mass is 9.89. The highest BCUT2D eigenvalue weighted by Crippen LogP contribution is 2.29. The Balaban J connectivity index is 1.68. The molecular formula is C17H19N3O3. The molecule has 1 aliphatic heterocycles. The topological polar surface area (TPSA) is 86.3 Å². The number of aryl methyl sites for hydroxylation is 1. The van der Waals surface area contributed by atoms with Crippen LogP contribution < -0.4 is 0 Å². The summed E-state index contributed by atoms with van der Waals surface area (Å²) < 4.78 is 0. The molecule has 1 aliphatic rings. The van der Waals surface area contributed by atoms with Crippen LogP contribution in [0, 0.1) is 6.92 Å². The number of nitrogens with one attached hydrogen (secondary N) is 1. The Labute approximate surface area is 134 Å². The number of aromatic amines is 1. The van der Waals surface area contributed by atoms with Gasteiger partial charge in [0.15, 0.2) is 0 Å². The zero-order valence-corrected chi connectivity index (χ0v) is 13.0. The van der Waals surface area contributed by atoms with E-state index < -0.39 is 5.97 Å². The lowest BCUT2D eigenvalue weighted by Crippen LogP contribution is -2.38. The molecule has 1 amide bonds. The first-order chi connectivity index (χ1) is 11.1. The molecule has 120 valence electrons. The standard InChI is InChI=1S/C17H19N3O3/c1-11-15(10-18-19-11)12-5-7-20(8-6-12)16(21)13-3-2-4-14(9-13)17(22)23/h2-4,9-10,12H,5-8H2,1H3,(H,18,19)(H,22,23). The number of benzene rings is 1. The molecule has 0 saturated carbocycles. The van der Waals surface area contributed by atoms with Crippen molar-refractivity contribution in [2.45, 2.75) is 25.7 Å². The minimum absolute atomic E-state index is 0.101. The van der Waals surface area contributed by atoms with E-state index in [9.17, 15) is 9.59 Å². The number of hydrogen-bond donors (Lipinski definition) is 2. The van der Waals surface area contributed by atoms with Gasteiger partial charge in [-0.3, -0.25) is 9.89 Å². The zero-order valence-electron chi connectivity index (χ0n) is 13.0. The molecular weight excluding hydrogens is 294 g/mol. The summed E-state index contributed by atoms with van der Waals surface area (Å²) in [6, 6.07) is 6.21. The van der Waals surface area contributed by atoms with Crippen LogP contribution in [-0.4, -0.2) is 45.2 Å². The van der Waals surface area contributed by atoms with E-state index >= 15 is 0 Å². The third-order valence-electron chi connectivity index (χ3n) is 4.45. The van der Waals surface area contributed by atoms with Crippen LogP contribution in [-0.2, 0) is 0 Å². The molecule has 1 fully saturated rings. The number of carboxylic acids is 1. The van der Waals surface area contributed by atoms with Gasteiger partial charge in [0.1, 0.15) is 0 Å². The Morgan fingerprint density at radius 3 is 2.57 bits per heavy atom. The van der Waals surface area contributed by atoms with Gasteiger partial charge >= 0.3 is 5.97 Å². The molecule has 0 radical (unpaired) electrons. The van der Waals surface area contributed by atoms with E-state index in [0.29, 0.717) is 24.6 Å². The van der Waals surface area contributed by atoms with Crippen molar-refractivity contribution in [2.75, 3.05) is 13.1 Å². The number of aromatic nitrogens is 2. The molecule has 0 unspecified atom stereocenters.